The fourth-order valence-electron chi connectivity index (χ4n) is 1.92. The van der Waals surface area contributed by atoms with Crippen molar-refractivity contribution in [1.29, 1.82) is 0 Å². The summed E-state index contributed by atoms with van der Waals surface area (Å²) in [5, 5.41) is 0. The zero-order chi connectivity index (χ0) is 10.8. The molecule has 3 heteroatoms. The smallest absolute Gasteiger partial charge is 0.148 e. The Morgan fingerprint density at radius 2 is 2.21 bits per heavy atom. The van der Waals surface area contributed by atoms with Crippen LogP contribution in [0.4, 0.5) is 0 Å². The number of hydrogen-bond acceptors (Lipinski definition) is 3. The highest BCUT2D eigenvalue weighted by Crippen LogP contribution is 2.38. The van der Waals surface area contributed by atoms with Gasteiger partial charge < -0.3 is 4.74 Å². The number of Topliss-reactive ketones (excluding diaryl/α,β-unsaturated/α-hetero) is 2. The SMILES string of the molecule is COCCC(=O)C1CCC(C)(C)C1=O. The molecule has 80 valence electrons. The number of hydrogen-bond donors (Lipinski definition) is 0. The predicted molar refractivity (Wildman–Crippen MR) is 53.0 cm³/mol. The highest BCUT2D eigenvalue weighted by Gasteiger charge is 2.43. The molecule has 14 heavy (non-hydrogen) atoms. The molecule has 0 bridgehead atoms. The maximum absolute atomic E-state index is 11.8. The van der Waals surface area contributed by atoms with Crippen LogP contribution in [0.1, 0.15) is 33.1 Å². The molecule has 1 atom stereocenters. The number of carbonyl (C=O) groups is 2. The summed E-state index contributed by atoms with van der Waals surface area (Å²) in [5.41, 5.74) is -0.298. The number of ether oxygens (including phenoxy) is 1. The second kappa shape index (κ2) is 4.22. The first kappa shape index (κ1) is 11.4. The topological polar surface area (TPSA) is 43.4 Å². The van der Waals surface area contributed by atoms with E-state index < -0.39 is 0 Å². The first-order valence-corrected chi connectivity index (χ1v) is 5.05. The van der Waals surface area contributed by atoms with Gasteiger partial charge in [-0.25, -0.2) is 0 Å². The van der Waals surface area contributed by atoms with Crippen molar-refractivity contribution in [3.63, 3.8) is 0 Å². The number of ketones is 2. The number of rotatable bonds is 4. The summed E-state index contributed by atoms with van der Waals surface area (Å²) in [4.78, 5) is 23.4. The maximum atomic E-state index is 11.8. The molecule has 0 amide bonds. The fraction of sp³-hybridized carbons (Fsp3) is 0.818. The molecular formula is C11H18O3. The summed E-state index contributed by atoms with van der Waals surface area (Å²) in [6.45, 7) is 4.25. The quantitative estimate of drug-likeness (QED) is 0.644. The van der Waals surface area contributed by atoms with Gasteiger partial charge >= 0.3 is 0 Å². The van der Waals surface area contributed by atoms with Crippen LogP contribution in [0.2, 0.25) is 0 Å². The Balaban J connectivity index is 2.55. The van der Waals surface area contributed by atoms with Crippen LogP contribution in [-0.2, 0) is 14.3 Å². The summed E-state index contributed by atoms with van der Waals surface area (Å²) in [6.07, 6.45) is 1.91. The molecule has 3 nitrogen and oxygen atoms in total. The number of methoxy groups -OCH3 is 1. The lowest BCUT2D eigenvalue weighted by Crippen LogP contribution is -2.27. The van der Waals surface area contributed by atoms with Gasteiger partial charge in [0.05, 0.1) is 12.5 Å². The minimum Gasteiger partial charge on any atom is -0.384 e. The van der Waals surface area contributed by atoms with Crippen molar-refractivity contribution in [3.05, 3.63) is 0 Å². The Morgan fingerprint density at radius 3 is 2.64 bits per heavy atom. The molecule has 0 radical (unpaired) electrons. The fourth-order valence-corrected chi connectivity index (χ4v) is 1.92. The number of carbonyl (C=O) groups excluding carboxylic acids is 2. The molecule has 0 aromatic heterocycles. The summed E-state index contributed by atoms with van der Waals surface area (Å²) in [5.74, 6) is -0.207. The van der Waals surface area contributed by atoms with E-state index in [9.17, 15) is 9.59 Å². The van der Waals surface area contributed by atoms with Crippen molar-refractivity contribution in [1.82, 2.24) is 0 Å². The second-order valence-corrected chi connectivity index (χ2v) is 4.55. The van der Waals surface area contributed by atoms with Gasteiger partial charge in [-0.1, -0.05) is 13.8 Å². The maximum Gasteiger partial charge on any atom is 0.148 e. The highest BCUT2D eigenvalue weighted by atomic mass is 16.5. The van der Waals surface area contributed by atoms with E-state index in [-0.39, 0.29) is 22.9 Å². The molecule has 0 spiro atoms. The van der Waals surface area contributed by atoms with Crippen molar-refractivity contribution in [2.75, 3.05) is 13.7 Å². The molecule has 1 saturated carbocycles. The van der Waals surface area contributed by atoms with Gasteiger partial charge in [-0.15, -0.1) is 0 Å². The Hall–Kier alpha value is -0.700. The molecular weight excluding hydrogens is 180 g/mol. The molecule has 0 saturated heterocycles. The van der Waals surface area contributed by atoms with Gasteiger partial charge in [0, 0.05) is 18.9 Å². The summed E-state index contributed by atoms with van der Waals surface area (Å²) < 4.78 is 4.83. The Morgan fingerprint density at radius 1 is 1.57 bits per heavy atom. The molecule has 1 aliphatic carbocycles. The zero-order valence-electron chi connectivity index (χ0n) is 9.13. The van der Waals surface area contributed by atoms with Crippen LogP contribution in [0, 0.1) is 11.3 Å². The summed E-state index contributed by atoms with van der Waals surface area (Å²) >= 11 is 0. The largest absolute Gasteiger partial charge is 0.384 e. The minimum absolute atomic E-state index is 0.0439. The Labute approximate surface area is 84.8 Å². The Bertz CT molecular complexity index is 243. The second-order valence-electron chi connectivity index (χ2n) is 4.55. The van der Waals surface area contributed by atoms with Crippen LogP contribution in [0.3, 0.4) is 0 Å². The molecule has 0 heterocycles. The molecule has 1 unspecified atom stereocenters. The van der Waals surface area contributed by atoms with Gasteiger partial charge in [-0.3, -0.25) is 9.59 Å². The van der Waals surface area contributed by atoms with Crippen molar-refractivity contribution >= 4 is 11.6 Å². The van der Waals surface area contributed by atoms with Crippen LogP contribution >= 0.6 is 0 Å². The van der Waals surface area contributed by atoms with E-state index in [0.29, 0.717) is 19.4 Å². The Kier molecular flexibility index (Phi) is 3.43. The third-order valence-electron chi connectivity index (χ3n) is 2.98. The monoisotopic (exact) mass is 198 g/mol. The average molecular weight is 198 g/mol. The standard InChI is InChI=1S/C11H18O3/c1-11(2)6-4-8(10(11)13)9(12)5-7-14-3/h8H,4-7H2,1-3H3. The average Bonchev–Trinajstić information content (AvgIpc) is 2.39. The van der Waals surface area contributed by atoms with E-state index in [1.165, 1.54) is 0 Å². The van der Waals surface area contributed by atoms with Crippen LogP contribution in [-0.4, -0.2) is 25.3 Å². The molecule has 1 fully saturated rings. The predicted octanol–water partition coefficient (Wildman–Crippen LogP) is 1.60. The minimum atomic E-state index is -0.361. The van der Waals surface area contributed by atoms with Crippen molar-refractivity contribution in [2.45, 2.75) is 33.1 Å². The molecule has 0 aromatic carbocycles. The van der Waals surface area contributed by atoms with Crippen LogP contribution < -0.4 is 0 Å². The van der Waals surface area contributed by atoms with E-state index >= 15 is 0 Å². The van der Waals surface area contributed by atoms with E-state index in [1.54, 1.807) is 7.11 Å². The van der Waals surface area contributed by atoms with Gasteiger partial charge in [-0.2, -0.15) is 0 Å². The lowest BCUT2D eigenvalue weighted by molar-refractivity contribution is -0.134. The van der Waals surface area contributed by atoms with Gasteiger partial charge in [0.1, 0.15) is 11.6 Å². The van der Waals surface area contributed by atoms with Crippen LogP contribution in [0.5, 0.6) is 0 Å². The van der Waals surface area contributed by atoms with E-state index in [4.69, 9.17) is 4.74 Å². The van der Waals surface area contributed by atoms with E-state index in [0.717, 1.165) is 6.42 Å². The lowest BCUT2D eigenvalue weighted by Gasteiger charge is -2.15. The van der Waals surface area contributed by atoms with E-state index in [1.807, 2.05) is 13.8 Å². The molecule has 1 rings (SSSR count). The molecule has 0 aromatic rings. The molecule has 0 N–H and O–H groups in total. The van der Waals surface area contributed by atoms with Gasteiger partial charge in [-0.05, 0) is 12.8 Å². The van der Waals surface area contributed by atoms with Crippen molar-refractivity contribution in [2.24, 2.45) is 11.3 Å². The van der Waals surface area contributed by atoms with Gasteiger partial charge in [0.25, 0.3) is 0 Å². The third kappa shape index (κ3) is 2.21. The van der Waals surface area contributed by atoms with Gasteiger partial charge in [0.2, 0.25) is 0 Å². The lowest BCUT2D eigenvalue weighted by atomic mass is 9.87. The molecule has 0 aliphatic heterocycles. The van der Waals surface area contributed by atoms with Crippen LogP contribution in [0.15, 0.2) is 0 Å². The van der Waals surface area contributed by atoms with Gasteiger partial charge in [0.15, 0.2) is 0 Å². The van der Waals surface area contributed by atoms with E-state index in [2.05, 4.69) is 0 Å². The van der Waals surface area contributed by atoms with Crippen LogP contribution in [0.25, 0.3) is 0 Å². The van der Waals surface area contributed by atoms with Crippen molar-refractivity contribution < 1.29 is 14.3 Å². The molecule has 1 aliphatic rings. The highest BCUT2D eigenvalue weighted by molar-refractivity contribution is 6.06. The van der Waals surface area contributed by atoms with Crippen molar-refractivity contribution in [3.8, 4) is 0 Å². The first-order valence-electron chi connectivity index (χ1n) is 5.05. The zero-order valence-corrected chi connectivity index (χ0v) is 9.13. The summed E-state index contributed by atoms with van der Waals surface area (Å²) in [6, 6.07) is 0. The first-order chi connectivity index (χ1) is 6.49. The third-order valence-corrected chi connectivity index (χ3v) is 2.98. The summed E-state index contributed by atoms with van der Waals surface area (Å²) in [7, 11) is 1.56. The normalized spacial score (nSPS) is 25.4.